The second kappa shape index (κ2) is 8.67. The largest absolute Gasteiger partial charge is 0.494 e. The third-order valence-corrected chi connectivity index (χ3v) is 3.85. The summed E-state index contributed by atoms with van der Waals surface area (Å²) in [6.07, 6.45) is 8.53. The van der Waals surface area contributed by atoms with Crippen LogP contribution < -0.4 is 16.0 Å². The Morgan fingerprint density at radius 1 is 1.29 bits per heavy atom. The third-order valence-electron chi connectivity index (χ3n) is 3.85. The molecule has 0 radical (unpaired) electrons. The van der Waals surface area contributed by atoms with Gasteiger partial charge in [0, 0.05) is 5.56 Å². The number of ether oxygens (including phenoxy) is 1. The van der Waals surface area contributed by atoms with Gasteiger partial charge in [0.05, 0.1) is 12.6 Å². The van der Waals surface area contributed by atoms with E-state index < -0.39 is 0 Å². The highest BCUT2D eigenvalue weighted by molar-refractivity contribution is 5.98. The van der Waals surface area contributed by atoms with Gasteiger partial charge in [0.25, 0.3) is 0 Å². The first-order valence-corrected chi connectivity index (χ1v) is 8.11. The van der Waals surface area contributed by atoms with E-state index in [1.807, 2.05) is 24.3 Å². The number of aliphatic imine (C=N–C) groups is 1. The minimum atomic E-state index is 0.388. The van der Waals surface area contributed by atoms with Gasteiger partial charge in [0.1, 0.15) is 11.6 Å². The van der Waals surface area contributed by atoms with Gasteiger partial charge < -0.3 is 10.2 Å². The number of amidine groups is 1. The maximum Gasteiger partial charge on any atom is 0.142 e. The Balaban J connectivity index is 2.11. The van der Waals surface area contributed by atoms with Crippen molar-refractivity contribution in [1.29, 1.82) is 0 Å². The number of hydrogen-bond acceptors (Lipinski definition) is 3. The molecular weight excluding hydrogens is 262 g/mol. The van der Waals surface area contributed by atoms with Crippen molar-refractivity contribution in [3.05, 3.63) is 29.8 Å². The summed E-state index contributed by atoms with van der Waals surface area (Å²) in [4.78, 5) is 4.83. The van der Waals surface area contributed by atoms with Gasteiger partial charge in [-0.15, -0.1) is 0 Å². The minimum Gasteiger partial charge on any atom is -0.494 e. The highest BCUT2D eigenvalue weighted by Gasteiger charge is 2.13. The normalized spacial score (nSPS) is 17.3. The van der Waals surface area contributed by atoms with Crippen LogP contribution in [0.2, 0.25) is 0 Å². The van der Waals surface area contributed by atoms with Gasteiger partial charge in [-0.2, -0.15) is 0 Å². The van der Waals surface area contributed by atoms with Crippen molar-refractivity contribution in [2.75, 3.05) is 6.61 Å². The van der Waals surface area contributed by atoms with E-state index in [0.29, 0.717) is 6.04 Å². The fraction of sp³-hybridized carbons (Fsp3) is 0.588. The van der Waals surface area contributed by atoms with Crippen molar-refractivity contribution < 1.29 is 4.74 Å². The van der Waals surface area contributed by atoms with E-state index in [-0.39, 0.29) is 0 Å². The lowest BCUT2D eigenvalue weighted by molar-refractivity contribution is 0.317. The molecule has 2 rings (SSSR count). The number of nitrogens with one attached hydrogen (secondary N) is 1. The Morgan fingerprint density at radius 3 is 2.71 bits per heavy atom. The zero-order valence-electron chi connectivity index (χ0n) is 13.0. The van der Waals surface area contributed by atoms with E-state index in [2.05, 4.69) is 12.3 Å². The number of benzene rings is 1. The summed E-state index contributed by atoms with van der Waals surface area (Å²) in [5, 5.41) is 0. The maximum atomic E-state index is 5.69. The van der Waals surface area contributed by atoms with E-state index in [4.69, 9.17) is 15.6 Å². The van der Waals surface area contributed by atoms with Crippen LogP contribution in [0.1, 0.15) is 57.4 Å². The quantitative estimate of drug-likeness (QED) is 0.287. The predicted molar refractivity (Wildman–Crippen MR) is 87.6 cm³/mol. The van der Waals surface area contributed by atoms with E-state index in [1.165, 1.54) is 25.7 Å². The highest BCUT2D eigenvalue weighted by Crippen LogP contribution is 2.21. The van der Waals surface area contributed by atoms with Crippen molar-refractivity contribution in [2.24, 2.45) is 10.8 Å². The molecule has 0 saturated heterocycles. The molecule has 1 aliphatic carbocycles. The maximum absolute atomic E-state index is 5.69. The zero-order valence-corrected chi connectivity index (χ0v) is 13.0. The summed E-state index contributed by atoms with van der Waals surface area (Å²) < 4.78 is 5.68. The van der Waals surface area contributed by atoms with E-state index in [1.54, 1.807) is 0 Å². The lowest BCUT2D eigenvalue weighted by Crippen LogP contribution is -2.32. The van der Waals surface area contributed by atoms with Crippen LogP contribution in [0.3, 0.4) is 0 Å². The topological polar surface area (TPSA) is 59.6 Å². The van der Waals surface area contributed by atoms with Crippen molar-refractivity contribution >= 4 is 5.84 Å². The first-order chi connectivity index (χ1) is 10.3. The van der Waals surface area contributed by atoms with Crippen LogP contribution in [0, 0.1) is 0 Å². The van der Waals surface area contributed by atoms with E-state index in [9.17, 15) is 0 Å². The van der Waals surface area contributed by atoms with Gasteiger partial charge in [0.15, 0.2) is 0 Å². The first-order valence-electron chi connectivity index (χ1n) is 8.11. The van der Waals surface area contributed by atoms with Crippen LogP contribution in [0.5, 0.6) is 5.75 Å². The van der Waals surface area contributed by atoms with Crippen molar-refractivity contribution in [3.8, 4) is 5.75 Å². The molecule has 0 heterocycles. The molecule has 4 heteroatoms. The van der Waals surface area contributed by atoms with Crippen molar-refractivity contribution in [3.63, 3.8) is 0 Å². The Labute approximate surface area is 127 Å². The summed E-state index contributed by atoms with van der Waals surface area (Å²) in [6, 6.07) is 8.37. The molecular formula is C17H27N3O. The van der Waals surface area contributed by atoms with Gasteiger partial charge in [0.2, 0.25) is 0 Å². The number of hydrazine groups is 1. The summed E-state index contributed by atoms with van der Waals surface area (Å²) in [7, 11) is 0. The molecule has 1 saturated carbocycles. The van der Waals surface area contributed by atoms with Crippen molar-refractivity contribution in [1.82, 2.24) is 5.43 Å². The zero-order chi connectivity index (χ0) is 14.9. The van der Waals surface area contributed by atoms with E-state index in [0.717, 1.165) is 43.0 Å². The second-order valence-electron chi connectivity index (χ2n) is 5.64. The molecule has 0 bridgehead atoms. The second-order valence-corrected chi connectivity index (χ2v) is 5.64. The molecule has 1 fully saturated rings. The van der Waals surface area contributed by atoms with Crippen LogP contribution >= 0.6 is 0 Å². The fourth-order valence-corrected chi connectivity index (χ4v) is 2.72. The predicted octanol–water partition coefficient (Wildman–Crippen LogP) is 3.41. The molecule has 3 N–H and O–H groups in total. The number of nitrogens with zero attached hydrogens (tertiary/aromatic N) is 1. The SMILES string of the molecule is CCCOc1cccc(C(=NC2CCCCCC2)NN)c1. The molecule has 1 aliphatic rings. The number of hydrogen-bond donors (Lipinski definition) is 2. The molecule has 0 aromatic heterocycles. The van der Waals surface area contributed by atoms with Crippen molar-refractivity contribution in [2.45, 2.75) is 57.9 Å². The summed E-state index contributed by atoms with van der Waals surface area (Å²) >= 11 is 0. The smallest absolute Gasteiger partial charge is 0.142 e. The van der Waals surface area contributed by atoms with Gasteiger partial charge in [-0.1, -0.05) is 44.7 Å². The Morgan fingerprint density at radius 2 is 2.05 bits per heavy atom. The summed E-state index contributed by atoms with van der Waals surface area (Å²) in [5.74, 6) is 7.33. The molecule has 0 amide bonds. The lowest BCUT2D eigenvalue weighted by atomic mass is 10.1. The molecule has 116 valence electrons. The van der Waals surface area contributed by atoms with Crippen LogP contribution in [0.15, 0.2) is 29.3 Å². The van der Waals surface area contributed by atoms with Gasteiger partial charge in [-0.25, -0.2) is 5.84 Å². The average Bonchev–Trinajstić information content (AvgIpc) is 2.79. The molecule has 21 heavy (non-hydrogen) atoms. The van der Waals surface area contributed by atoms with Crippen LogP contribution in [-0.2, 0) is 0 Å². The molecule has 0 atom stereocenters. The summed E-state index contributed by atoms with van der Waals surface area (Å²) in [6.45, 7) is 2.83. The Hall–Kier alpha value is -1.55. The lowest BCUT2D eigenvalue weighted by Gasteiger charge is -2.13. The fourth-order valence-electron chi connectivity index (χ4n) is 2.72. The third kappa shape index (κ3) is 5.05. The monoisotopic (exact) mass is 289 g/mol. The Bertz CT molecular complexity index is 451. The van der Waals surface area contributed by atoms with Gasteiger partial charge in [-0.3, -0.25) is 4.99 Å². The highest BCUT2D eigenvalue weighted by atomic mass is 16.5. The molecule has 1 aromatic carbocycles. The van der Waals surface area contributed by atoms with Gasteiger partial charge >= 0.3 is 0 Å². The van der Waals surface area contributed by atoms with Gasteiger partial charge in [-0.05, 0) is 31.4 Å². The molecule has 1 aromatic rings. The number of nitrogens with two attached hydrogens (primary N) is 1. The Kier molecular flexibility index (Phi) is 6.54. The molecule has 0 unspecified atom stereocenters. The average molecular weight is 289 g/mol. The van der Waals surface area contributed by atoms with Crippen LogP contribution in [-0.4, -0.2) is 18.5 Å². The summed E-state index contributed by atoms with van der Waals surface area (Å²) in [5.41, 5.74) is 3.76. The molecule has 4 nitrogen and oxygen atoms in total. The van der Waals surface area contributed by atoms with E-state index >= 15 is 0 Å². The number of rotatable bonds is 5. The molecule has 0 spiro atoms. The first kappa shape index (κ1) is 15.8. The van der Waals surface area contributed by atoms with Crippen LogP contribution in [0.25, 0.3) is 0 Å². The molecule has 0 aliphatic heterocycles. The standard InChI is InChI=1S/C17H27N3O/c1-2-12-21-16-11-7-8-14(13-16)17(20-18)19-15-9-5-3-4-6-10-15/h7-8,11,13,15H,2-6,9-10,12,18H2,1H3,(H,19,20). The van der Waals surface area contributed by atoms with Crippen LogP contribution in [0.4, 0.5) is 0 Å². The minimum absolute atomic E-state index is 0.388.